The second-order valence-corrected chi connectivity index (χ2v) is 7.06. The van der Waals surface area contributed by atoms with Crippen LogP contribution in [0, 0.1) is 6.92 Å². The van der Waals surface area contributed by atoms with Crippen molar-refractivity contribution in [3.05, 3.63) is 46.2 Å². The summed E-state index contributed by atoms with van der Waals surface area (Å²) in [6.45, 7) is 3.51. The van der Waals surface area contributed by atoms with Crippen molar-refractivity contribution >= 4 is 34.4 Å². The van der Waals surface area contributed by atoms with Crippen molar-refractivity contribution in [3.8, 4) is 0 Å². The van der Waals surface area contributed by atoms with Crippen LogP contribution in [0.2, 0.25) is 0 Å². The maximum Gasteiger partial charge on any atom is 0.298 e. The molecule has 3 aromatic rings. The molecule has 1 unspecified atom stereocenters. The van der Waals surface area contributed by atoms with Gasteiger partial charge >= 0.3 is 0 Å². The summed E-state index contributed by atoms with van der Waals surface area (Å²) in [5.74, 6) is -0.00230. The molecule has 0 saturated carbocycles. The SMILES string of the molecule is Cc1csc(C(=O)NCC2CCCN2c2nc3ccccc3o2)c1. The smallest absolute Gasteiger partial charge is 0.298 e. The third-order valence-corrected chi connectivity index (χ3v) is 5.40. The van der Waals surface area contributed by atoms with Crippen molar-refractivity contribution in [3.63, 3.8) is 0 Å². The van der Waals surface area contributed by atoms with E-state index >= 15 is 0 Å². The van der Waals surface area contributed by atoms with Gasteiger partial charge < -0.3 is 14.6 Å². The van der Waals surface area contributed by atoms with Gasteiger partial charge in [-0.05, 0) is 48.9 Å². The highest BCUT2D eigenvalue weighted by Gasteiger charge is 2.28. The maximum atomic E-state index is 12.2. The summed E-state index contributed by atoms with van der Waals surface area (Å²) in [7, 11) is 0. The maximum absolute atomic E-state index is 12.2. The van der Waals surface area contributed by atoms with Crippen molar-refractivity contribution in [2.24, 2.45) is 0 Å². The minimum Gasteiger partial charge on any atom is -0.423 e. The summed E-state index contributed by atoms with van der Waals surface area (Å²) in [6, 6.07) is 10.6. The Labute approximate surface area is 144 Å². The molecule has 24 heavy (non-hydrogen) atoms. The van der Waals surface area contributed by atoms with E-state index in [9.17, 15) is 4.79 Å². The number of carbonyl (C=O) groups excluding carboxylic acids is 1. The number of aryl methyl sites for hydroxylation is 1. The largest absolute Gasteiger partial charge is 0.423 e. The molecule has 5 nitrogen and oxygen atoms in total. The number of thiophene rings is 1. The van der Waals surface area contributed by atoms with E-state index in [1.54, 1.807) is 0 Å². The van der Waals surface area contributed by atoms with Crippen LogP contribution in [0.4, 0.5) is 6.01 Å². The van der Waals surface area contributed by atoms with Crippen molar-refractivity contribution in [2.45, 2.75) is 25.8 Å². The number of benzene rings is 1. The third kappa shape index (κ3) is 2.89. The first-order chi connectivity index (χ1) is 11.7. The van der Waals surface area contributed by atoms with Gasteiger partial charge in [-0.1, -0.05) is 12.1 Å². The molecule has 3 heterocycles. The predicted octanol–water partition coefficient (Wildman–Crippen LogP) is 3.60. The number of fused-ring (bicyclic) bond motifs is 1. The molecule has 1 fully saturated rings. The van der Waals surface area contributed by atoms with Gasteiger partial charge in [0.25, 0.3) is 11.9 Å². The van der Waals surface area contributed by atoms with Crippen LogP contribution in [0.1, 0.15) is 28.1 Å². The normalized spacial score (nSPS) is 17.5. The van der Waals surface area contributed by atoms with E-state index < -0.39 is 0 Å². The highest BCUT2D eigenvalue weighted by Crippen LogP contribution is 2.28. The molecular weight excluding hydrogens is 322 g/mol. The lowest BCUT2D eigenvalue weighted by atomic mass is 10.2. The number of amides is 1. The van der Waals surface area contributed by atoms with Crippen molar-refractivity contribution in [2.75, 3.05) is 18.0 Å². The molecule has 1 aliphatic heterocycles. The van der Waals surface area contributed by atoms with E-state index in [1.807, 2.05) is 42.6 Å². The fourth-order valence-electron chi connectivity index (χ4n) is 3.13. The first kappa shape index (κ1) is 15.2. The summed E-state index contributed by atoms with van der Waals surface area (Å²) in [5.41, 5.74) is 2.80. The van der Waals surface area contributed by atoms with Crippen molar-refractivity contribution in [1.29, 1.82) is 0 Å². The molecule has 1 amide bonds. The molecule has 0 aliphatic carbocycles. The van der Waals surface area contributed by atoms with Gasteiger partial charge in [-0.3, -0.25) is 4.79 Å². The number of aromatic nitrogens is 1. The summed E-state index contributed by atoms with van der Waals surface area (Å²) < 4.78 is 5.88. The summed E-state index contributed by atoms with van der Waals surface area (Å²) in [6.07, 6.45) is 2.11. The Balaban J connectivity index is 1.45. The van der Waals surface area contributed by atoms with Gasteiger partial charge in [-0.2, -0.15) is 4.98 Å². The van der Waals surface area contributed by atoms with Crippen LogP contribution in [0.15, 0.2) is 40.1 Å². The summed E-state index contributed by atoms with van der Waals surface area (Å²) in [5, 5.41) is 5.04. The second kappa shape index (κ2) is 6.28. The summed E-state index contributed by atoms with van der Waals surface area (Å²) in [4.78, 5) is 19.8. The van der Waals surface area contributed by atoms with E-state index in [0.29, 0.717) is 12.6 Å². The highest BCUT2D eigenvalue weighted by molar-refractivity contribution is 7.12. The lowest BCUT2D eigenvalue weighted by Gasteiger charge is -2.22. The third-order valence-electron chi connectivity index (χ3n) is 4.36. The Morgan fingerprint density at radius 3 is 3.12 bits per heavy atom. The molecule has 2 aromatic heterocycles. The number of para-hydroxylation sites is 2. The van der Waals surface area contributed by atoms with Gasteiger partial charge in [0.05, 0.1) is 10.9 Å². The Bertz CT molecular complexity index is 837. The van der Waals surface area contributed by atoms with Crippen molar-refractivity contribution < 1.29 is 9.21 Å². The van der Waals surface area contributed by atoms with Crippen LogP contribution in [0.5, 0.6) is 0 Å². The van der Waals surface area contributed by atoms with Gasteiger partial charge in [0, 0.05) is 13.1 Å². The quantitative estimate of drug-likeness (QED) is 0.788. The van der Waals surface area contributed by atoms with E-state index in [4.69, 9.17) is 4.42 Å². The Hall–Kier alpha value is -2.34. The molecule has 124 valence electrons. The van der Waals surface area contributed by atoms with Crippen LogP contribution < -0.4 is 10.2 Å². The predicted molar refractivity (Wildman–Crippen MR) is 95.8 cm³/mol. The first-order valence-corrected chi connectivity index (χ1v) is 9.04. The number of anilines is 1. The standard InChI is InChI=1S/C18H19N3O2S/c1-12-9-16(24-11-12)17(22)19-10-13-5-4-8-21(13)18-20-14-6-2-3-7-15(14)23-18/h2-3,6-7,9,11,13H,4-5,8,10H2,1H3,(H,19,22). The average Bonchev–Trinajstić information content (AvgIpc) is 3.30. The molecular formula is C18H19N3O2S. The molecule has 0 radical (unpaired) electrons. The molecule has 1 N–H and O–H groups in total. The monoisotopic (exact) mass is 341 g/mol. The van der Waals surface area contributed by atoms with Gasteiger partial charge in [0.2, 0.25) is 0 Å². The molecule has 6 heteroatoms. The zero-order chi connectivity index (χ0) is 16.5. The number of carbonyl (C=O) groups is 1. The number of rotatable bonds is 4. The molecule has 1 aliphatic rings. The van der Waals surface area contributed by atoms with E-state index in [1.165, 1.54) is 11.3 Å². The number of oxazole rings is 1. The van der Waals surface area contributed by atoms with Gasteiger partial charge in [0.1, 0.15) is 5.52 Å². The number of hydrogen-bond acceptors (Lipinski definition) is 5. The van der Waals surface area contributed by atoms with Gasteiger partial charge in [0.15, 0.2) is 5.58 Å². The minimum absolute atomic E-state index is 0.00230. The van der Waals surface area contributed by atoms with Gasteiger partial charge in [-0.25, -0.2) is 0 Å². The van der Waals surface area contributed by atoms with E-state index in [2.05, 4.69) is 15.2 Å². The highest BCUT2D eigenvalue weighted by atomic mass is 32.1. The number of nitrogens with one attached hydrogen (secondary N) is 1. The van der Waals surface area contributed by atoms with Gasteiger partial charge in [-0.15, -0.1) is 11.3 Å². The Kier molecular flexibility index (Phi) is 3.98. The van der Waals surface area contributed by atoms with Crippen LogP contribution in [0.3, 0.4) is 0 Å². The average molecular weight is 341 g/mol. The molecule has 1 atom stereocenters. The number of nitrogens with zero attached hydrogens (tertiary/aromatic N) is 2. The van der Waals surface area contributed by atoms with E-state index in [-0.39, 0.29) is 11.9 Å². The topological polar surface area (TPSA) is 58.4 Å². The second-order valence-electron chi connectivity index (χ2n) is 6.15. The summed E-state index contributed by atoms with van der Waals surface area (Å²) >= 11 is 1.48. The fourth-order valence-corrected chi connectivity index (χ4v) is 3.94. The van der Waals surface area contributed by atoms with Crippen LogP contribution in [0.25, 0.3) is 11.1 Å². The van der Waals surface area contributed by atoms with Crippen LogP contribution >= 0.6 is 11.3 Å². The lowest BCUT2D eigenvalue weighted by Crippen LogP contribution is -2.40. The minimum atomic E-state index is -0.00230. The number of hydrogen-bond donors (Lipinski definition) is 1. The zero-order valence-electron chi connectivity index (χ0n) is 13.5. The molecule has 0 spiro atoms. The Morgan fingerprint density at radius 2 is 2.33 bits per heavy atom. The first-order valence-electron chi connectivity index (χ1n) is 8.16. The molecule has 4 rings (SSSR count). The lowest BCUT2D eigenvalue weighted by molar-refractivity contribution is 0.0955. The van der Waals surface area contributed by atoms with Crippen LogP contribution in [-0.4, -0.2) is 30.0 Å². The van der Waals surface area contributed by atoms with Crippen molar-refractivity contribution in [1.82, 2.24) is 10.3 Å². The molecule has 1 saturated heterocycles. The molecule has 1 aromatic carbocycles. The zero-order valence-corrected chi connectivity index (χ0v) is 14.3. The Morgan fingerprint density at radius 1 is 1.46 bits per heavy atom. The van der Waals surface area contributed by atoms with E-state index in [0.717, 1.165) is 40.9 Å². The van der Waals surface area contributed by atoms with Crippen LogP contribution in [-0.2, 0) is 0 Å². The molecule has 0 bridgehead atoms. The fraction of sp³-hybridized carbons (Fsp3) is 0.333.